The average Bonchev–Trinajstić information content (AvgIpc) is 3.35. The summed E-state index contributed by atoms with van der Waals surface area (Å²) in [4.78, 5) is 15.7. The van der Waals surface area contributed by atoms with Crippen LogP contribution in [0.1, 0.15) is 30.0 Å². The number of carbonyl (C=O) groups is 1. The molecule has 1 unspecified atom stereocenters. The fourth-order valence-corrected chi connectivity index (χ4v) is 5.97. The Morgan fingerprint density at radius 1 is 1.11 bits per heavy atom. The molecule has 0 saturated carbocycles. The number of fused-ring (bicyclic) bond motifs is 4. The second-order valence-corrected chi connectivity index (χ2v) is 8.60. The Labute approximate surface area is 171 Å². The third kappa shape index (κ3) is 1.85. The number of nitriles is 2. The van der Waals surface area contributed by atoms with Gasteiger partial charge in [0.2, 0.25) is 5.91 Å². The van der Waals surface area contributed by atoms with Gasteiger partial charge < -0.3 is 5.32 Å². The summed E-state index contributed by atoms with van der Waals surface area (Å²) in [5, 5.41) is 23.8. The number of hydrogen-bond acceptors (Lipinski definition) is 4. The third-order valence-corrected chi connectivity index (χ3v) is 7.18. The second kappa shape index (κ2) is 5.91. The largest absolute Gasteiger partial charge is 0.325 e. The van der Waals surface area contributed by atoms with E-state index in [1.165, 1.54) is 0 Å². The number of para-hydroxylation sites is 1. The van der Waals surface area contributed by atoms with Gasteiger partial charge in [-0.1, -0.05) is 46.3 Å². The summed E-state index contributed by atoms with van der Waals surface area (Å²) in [7, 11) is 0. The lowest BCUT2D eigenvalue weighted by atomic mass is 9.57. The molecule has 1 amide bonds. The molecule has 0 aliphatic carbocycles. The van der Waals surface area contributed by atoms with E-state index in [1.807, 2.05) is 48.5 Å². The highest BCUT2D eigenvalue weighted by Gasteiger charge is 2.76. The minimum Gasteiger partial charge on any atom is -0.325 e. The van der Waals surface area contributed by atoms with Crippen LogP contribution in [0, 0.1) is 28.1 Å². The number of nitrogens with zero attached hydrogens (tertiary/aromatic N) is 3. The highest BCUT2D eigenvalue weighted by atomic mass is 79.9. The molecule has 138 valence electrons. The molecule has 0 aromatic heterocycles. The summed E-state index contributed by atoms with van der Waals surface area (Å²) in [5.74, 6) is -0.228. The average molecular weight is 433 g/mol. The van der Waals surface area contributed by atoms with Gasteiger partial charge in [0.15, 0.2) is 5.41 Å². The van der Waals surface area contributed by atoms with E-state index >= 15 is 0 Å². The minimum atomic E-state index is -1.51. The predicted octanol–water partition coefficient (Wildman–Crippen LogP) is 3.89. The zero-order valence-corrected chi connectivity index (χ0v) is 16.6. The normalized spacial score (nSPS) is 29.8. The number of carbonyl (C=O) groups excluding carboxylic acids is 1. The first-order valence-electron chi connectivity index (χ1n) is 9.35. The van der Waals surface area contributed by atoms with Gasteiger partial charge >= 0.3 is 0 Å². The van der Waals surface area contributed by atoms with Gasteiger partial charge in [0, 0.05) is 16.2 Å². The molecule has 3 atom stereocenters. The van der Waals surface area contributed by atoms with Crippen molar-refractivity contribution < 1.29 is 4.79 Å². The Hall–Kier alpha value is -2.67. The van der Waals surface area contributed by atoms with Crippen molar-refractivity contribution in [1.82, 2.24) is 4.90 Å². The van der Waals surface area contributed by atoms with Crippen LogP contribution in [-0.2, 0) is 10.2 Å². The van der Waals surface area contributed by atoms with Crippen LogP contribution in [0.15, 0.2) is 53.0 Å². The fourth-order valence-electron chi connectivity index (χ4n) is 5.70. The maximum Gasteiger partial charge on any atom is 0.239 e. The molecule has 3 aliphatic heterocycles. The van der Waals surface area contributed by atoms with Gasteiger partial charge in [-0.25, -0.2) is 0 Å². The molecule has 2 fully saturated rings. The van der Waals surface area contributed by atoms with E-state index < -0.39 is 16.9 Å². The molecule has 5 rings (SSSR count). The second-order valence-electron chi connectivity index (χ2n) is 7.69. The fraction of sp³-hybridized carbons (Fsp3) is 0.318. The summed E-state index contributed by atoms with van der Waals surface area (Å²) >= 11 is 3.46. The topological polar surface area (TPSA) is 79.9 Å². The zero-order chi connectivity index (χ0) is 19.5. The van der Waals surface area contributed by atoms with Gasteiger partial charge in [-0.15, -0.1) is 0 Å². The Balaban J connectivity index is 1.84. The molecular weight excluding hydrogens is 416 g/mol. The first-order valence-corrected chi connectivity index (χ1v) is 10.1. The molecule has 3 heterocycles. The number of amides is 1. The van der Waals surface area contributed by atoms with Crippen molar-refractivity contribution in [2.45, 2.75) is 30.3 Å². The molecule has 6 heteroatoms. The molecule has 3 aliphatic rings. The van der Waals surface area contributed by atoms with Crippen LogP contribution in [0.3, 0.4) is 0 Å². The lowest BCUT2D eigenvalue weighted by molar-refractivity contribution is -0.123. The van der Waals surface area contributed by atoms with Crippen LogP contribution in [0.2, 0.25) is 0 Å². The van der Waals surface area contributed by atoms with Gasteiger partial charge in [0.1, 0.15) is 5.41 Å². The molecule has 2 aromatic rings. The number of anilines is 1. The quantitative estimate of drug-likeness (QED) is 0.740. The Morgan fingerprint density at radius 3 is 2.54 bits per heavy atom. The van der Waals surface area contributed by atoms with Crippen molar-refractivity contribution in [2.75, 3.05) is 11.9 Å². The van der Waals surface area contributed by atoms with E-state index in [1.54, 1.807) is 0 Å². The molecule has 0 radical (unpaired) electrons. The molecule has 0 bridgehead atoms. The number of hydrogen-bond donors (Lipinski definition) is 1. The highest BCUT2D eigenvalue weighted by Crippen LogP contribution is 2.66. The van der Waals surface area contributed by atoms with E-state index in [2.05, 4.69) is 38.3 Å². The number of benzene rings is 2. The van der Waals surface area contributed by atoms with Crippen molar-refractivity contribution in [2.24, 2.45) is 5.41 Å². The summed E-state index contributed by atoms with van der Waals surface area (Å²) in [6, 6.07) is 19.3. The Kier molecular flexibility index (Phi) is 3.68. The SMILES string of the molecule is N#CC1(C#N)[C@@H](c2ccc(Br)cc2)N2CCCC2[C@@]12C(=O)Nc1ccccc12. The van der Waals surface area contributed by atoms with Crippen LogP contribution < -0.4 is 5.32 Å². The highest BCUT2D eigenvalue weighted by molar-refractivity contribution is 9.10. The molecule has 28 heavy (non-hydrogen) atoms. The zero-order valence-electron chi connectivity index (χ0n) is 15.0. The minimum absolute atomic E-state index is 0.177. The van der Waals surface area contributed by atoms with Crippen molar-refractivity contribution in [3.63, 3.8) is 0 Å². The molecular formula is C22H17BrN4O. The summed E-state index contributed by atoms with van der Waals surface area (Å²) in [6.07, 6.45) is 1.74. The van der Waals surface area contributed by atoms with E-state index in [4.69, 9.17) is 0 Å². The molecule has 2 saturated heterocycles. The van der Waals surface area contributed by atoms with Gasteiger partial charge in [0.05, 0.1) is 18.2 Å². The molecule has 5 nitrogen and oxygen atoms in total. The monoisotopic (exact) mass is 432 g/mol. The van der Waals surface area contributed by atoms with Crippen LogP contribution in [-0.4, -0.2) is 23.4 Å². The Bertz CT molecular complexity index is 1050. The summed E-state index contributed by atoms with van der Waals surface area (Å²) in [6.45, 7) is 0.772. The van der Waals surface area contributed by atoms with Crippen molar-refractivity contribution in [3.05, 3.63) is 64.1 Å². The third-order valence-electron chi connectivity index (χ3n) is 6.65. The van der Waals surface area contributed by atoms with E-state index in [9.17, 15) is 15.3 Å². The maximum absolute atomic E-state index is 13.5. The summed E-state index contributed by atoms with van der Waals surface area (Å²) in [5.41, 5.74) is -0.318. The van der Waals surface area contributed by atoms with Crippen LogP contribution >= 0.6 is 15.9 Å². The Morgan fingerprint density at radius 2 is 1.82 bits per heavy atom. The van der Waals surface area contributed by atoms with E-state index in [0.717, 1.165) is 35.0 Å². The van der Waals surface area contributed by atoms with Crippen molar-refractivity contribution in [3.8, 4) is 12.1 Å². The van der Waals surface area contributed by atoms with E-state index in [-0.39, 0.29) is 11.9 Å². The van der Waals surface area contributed by atoms with Crippen LogP contribution in [0.25, 0.3) is 0 Å². The molecule has 2 aromatic carbocycles. The number of nitrogens with one attached hydrogen (secondary N) is 1. The van der Waals surface area contributed by atoms with Gasteiger partial charge in [-0.2, -0.15) is 10.5 Å². The molecule has 1 N–H and O–H groups in total. The first-order chi connectivity index (χ1) is 13.6. The predicted molar refractivity (Wildman–Crippen MR) is 107 cm³/mol. The van der Waals surface area contributed by atoms with Crippen LogP contribution in [0.4, 0.5) is 5.69 Å². The van der Waals surface area contributed by atoms with Gasteiger partial charge in [-0.05, 0) is 48.7 Å². The standard InChI is InChI=1S/C22H17BrN4O/c23-15-9-7-14(8-10-15)19-21(12-24,13-25)22(18-6-3-11-27(18)19)16-4-1-2-5-17(16)26-20(22)28/h1-2,4-5,7-10,18-19H,3,6,11H2,(H,26,28)/t18?,19-,22+/m1/s1. The summed E-state index contributed by atoms with van der Waals surface area (Å²) < 4.78 is 0.936. The smallest absolute Gasteiger partial charge is 0.239 e. The van der Waals surface area contributed by atoms with Gasteiger partial charge in [-0.3, -0.25) is 9.69 Å². The number of halogens is 1. The van der Waals surface area contributed by atoms with Crippen molar-refractivity contribution in [1.29, 1.82) is 10.5 Å². The maximum atomic E-state index is 13.5. The van der Waals surface area contributed by atoms with Gasteiger partial charge in [0.25, 0.3) is 0 Å². The lowest BCUT2D eigenvalue weighted by Crippen LogP contribution is -2.53. The lowest BCUT2D eigenvalue weighted by Gasteiger charge is -2.36. The number of rotatable bonds is 1. The van der Waals surface area contributed by atoms with Crippen LogP contribution in [0.5, 0.6) is 0 Å². The first kappa shape index (κ1) is 17.4. The molecule has 1 spiro atoms. The van der Waals surface area contributed by atoms with E-state index in [0.29, 0.717) is 5.69 Å². The van der Waals surface area contributed by atoms with Crippen molar-refractivity contribution >= 4 is 27.5 Å².